The first-order valence-corrected chi connectivity index (χ1v) is 7.55. The van der Waals surface area contributed by atoms with Crippen LogP contribution < -0.4 is 0 Å². The molecule has 0 radical (unpaired) electrons. The summed E-state index contributed by atoms with van der Waals surface area (Å²) < 4.78 is 0. The van der Waals surface area contributed by atoms with Crippen LogP contribution in [-0.4, -0.2) is 77.0 Å². The van der Waals surface area contributed by atoms with Crippen LogP contribution in [0.15, 0.2) is 0 Å². The first-order valence-electron chi connectivity index (χ1n) is 7.55. The number of rotatable bonds is 4. The molecule has 0 aromatic heterocycles. The highest BCUT2D eigenvalue weighted by atomic mass is 16.4. The highest BCUT2D eigenvalue weighted by molar-refractivity contribution is 5.89. The fourth-order valence-electron chi connectivity index (χ4n) is 2.79. The Morgan fingerprint density at radius 1 is 1.00 bits per heavy atom. The van der Waals surface area contributed by atoms with Crippen LogP contribution in [0.5, 0.6) is 0 Å². The summed E-state index contributed by atoms with van der Waals surface area (Å²) in [5.41, 5.74) is 0. The van der Waals surface area contributed by atoms with Gasteiger partial charge in [0.25, 0.3) is 0 Å². The van der Waals surface area contributed by atoms with E-state index >= 15 is 0 Å². The Morgan fingerprint density at radius 3 is 1.95 bits per heavy atom. The van der Waals surface area contributed by atoms with Gasteiger partial charge in [0, 0.05) is 39.3 Å². The zero-order valence-electron chi connectivity index (χ0n) is 12.6. The van der Waals surface area contributed by atoms with Gasteiger partial charge in [0.05, 0.1) is 11.8 Å². The molecule has 7 nitrogen and oxygen atoms in total. The molecule has 1 aliphatic heterocycles. The topological polar surface area (TPSA) is 81.2 Å². The van der Waals surface area contributed by atoms with E-state index in [1.54, 1.807) is 14.7 Å². The van der Waals surface area contributed by atoms with Crippen LogP contribution >= 0.6 is 0 Å². The average molecular weight is 297 g/mol. The van der Waals surface area contributed by atoms with E-state index in [0.29, 0.717) is 45.7 Å². The Balaban J connectivity index is 1.82. The molecular formula is C14H23N3O4. The molecule has 1 saturated heterocycles. The third-order valence-corrected chi connectivity index (χ3v) is 4.32. The molecule has 0 aromatic carbocycles. The maximum atomic E-state index is 12.2. The largest absolute Gasteiger partial charge is 0.481 e. The molecule has 2 aliphatic rings. The molecule has 2 atom stereocenters. The third-order valence-electron chi connectivity index (χ3n) is 4.32. The number of aliphatic carboxylic acids is 1. The van der Waals surface area contributed by atoms with Crippen molar-refractivity contribution in [2.45, 2.75) is 20.3 Å². The van der Waals surface area contributed by atoms with Crippen molar-refractivity contribution in [2.24, 2.45) is 11.8 Å². The number of carboxylic acids is 1. The summed E-state index contributed by atoms with van der Waals surface area (Å²) in [5.74, 6) is -1.82. The smallest absolute Gasteiger partial charge is 0.320 e. The second-order valence-electron chi connectivity index (χ2n) is 5.55. The zero-order valence-corrected chi connectivity index (χ0v) is 12.6. The molecule has 2 rings (SSSR count). The number of amides is 3. The molecule has 7 heteroatoms. The van der Waals surface area contributed by atoms with Crippen molar-refractivity contribution in [3.05, 3.63) is 0 Å². The molecule has 118 valence electrons. The quantitative estimate of drug-likeness (QED) is 0.810. The van der Waals surface area contributed by atoms with Gasteiger partial charge in [0.1, 0.15) is 0 Å². The van der Waals surface area contributed by atoms with Gasteiger partial charge in [-0.3, -0.25) is 9.59 Å². The second kappa shape index (κ2) is 6.32. The number of hydrogen-bond acceptors (Lipinski definition) is 3. The molecule has 0 aromatic rings. The SMILES string of the molecule is CCN(CC)C(=O)N1CCN(C(=O)C2CC2C(=O)O)CC1. The maximum Gasteiger partial charge on any atom is 0.320 e. The van der Waals surface area contributed by atoms with Crippen molar-refractivity contribution < 1.29 is 19.5 Å². The summed E-state index contributed by atoms with van der Waals surface area (Å²) in [6.07, 6.45) is 0.451. The minimum atomic E-state index is -0.885. The number of hydrogen-bond donors (Lipinski definition) is 1. The highest BCUT2D eigenvalue weighted by Crippen LogP contribution is 2.40. The van der Waals surface area contributed by atoms with Crippen molar-refractivity contribution in [3.8, 4) is 0 Å². The Bertz CT molecular complexity index is 428. The minimum Gasteiger partial charge on any atom is -0.481 e. The van der Waals surface area contributed by atoms with Gasteiger partial charge in [-0.1, -0.05) is 0 Å². The summed E-state index contributed by atoms with van der Waals surface area (Å²) in [5, 5.41) is 8.87. The number of carboxylic acid groups (broad SMARTS) is 1. The monoisotopic (exact) mass is 297 g/mol. The lowest BCUT2D eigenvalue weighted by Gasteiger charge is -2.37. The zero-order chi connectivity index (χ0) is 15.6. The van der Waals surface area contributed by atoms with Gasteiger partial charge in [0.15, 0.2) is 0 Å². The van der Waals surface area contributed by atoms with Crippen LogP contribution in [0, 0.1) is 11.8 Å². The summed E-state index contributed by atoms with van der Waals surface area (Å²) in [4.78, 5) is 40.4. The number of carbonyl (C=O) groups excluding carboxylic acids is 2. The van der Waals surface area contributed by atoms with E-state index in [1.807, 2.05) is 13.8 Å². The molecule has 21 heavy (non-hydrogen) atoms. The van der Waals surface area contributed by atoms with Crippen molar-refractivity contribution in [3.63, 3.8) is 0 Å². The summed E-state index contributed by atoms with van der Waals surface area (Å²) in [6, 6.07) is 0.0157. The van der Waals surface area contributed by atoms with Crippen molar-refractivity contribution in [2.75, 3.05) is 39.3 Å². The van der Waals surface area contributed by atoms with Crippen molar-refractivity contribution in [1.29, 1.82) is 0 Å². The standard InChI is InChI=1S/C14H23N3O4/c1-3-15(4-2)14(21)17-7-5-16(6-8-17)12(18)10-9-11(10)13(19)20/h10-11H,3-9H2,1-2H3,(H,19,20). The molecule has 0 bridgehead atoms. The van der Waals surface area contributed by atoms with E-state index in [0.717, 1.165) is 0 Å². The van der Waals surface area contributed by atoms with E-state index in [2.05, 4.69) is 0 Å². The molecular weight excluding hydrogens is 274 g/mol. The first-order chi connectivity index (χ1) is 9.99. The van der Waals surface area contributed by atoms with Crippen LogP contribution in [0.4, 0.5) is 4.79 Å². The molecule has 1 aliphatic carbocycles. The summed E-state index contributed by atoms with van der Waals surface area (Å²) in [6.45, 7) is 7.27. The van der Waals surface area contributed by atoms with Gasteiger partial charge in [0.2, 0.25) is 5.91 Å². The molecule has 2 fully saturated rings. The predicted octanol–water partition coefficient (Wildman–Crippen LogP) is 0.313. The Kier molecular flexibility index (Phi) is 4.69. The lowest BCUT2D eigenvalue weighted by atomic mass is 10.2. The van der Waals surface area contributed by atoms with Crippen LogP contribution in [0.1, 0.15) is 20.3 Å². The van der Waals surface area contributed by atoms with Gasteiger partial charge >= 0.3 is 12.0 Å². The van der Waals surface area contributed by atoms with Gasteiger partial charge < -0.3 is 19.8 Å². The average Bonchev–Trinajstić information content (AvgIpc) is 3.28. The van der Waals surface area contributed by atoms with Crippen LogP contribution in [0.3, 0.4) is 0 Å². The van der Waals surface area contributed by atoms with Crippen molar-refractivity contribution >= 4 is 17.9 Å². The lowest BCUT2D eigenvalue weighted by Crippen LogP contribution is -2.54. The number of piperazine rings is 1. The minimum absolute atomic E-state index is 0.0157. The van der Waals surface area contributed by atoms with Crippen molar-refractivity contribution in [1.82, 2.24) is 14.7 Å². The predicted molar refractivity (Wildman–Crippen MR) is 75.7 cm³/mol. The number of carbonyl (C=O) groups is 3. The van der Waals surface area contributed by atoms with E-state index in [1.165, 1.54) is 0 Å². The van der Waals surface area contributed by atoms with Crippen LogP contribution in [0.25, 0.3) is 0 Å². The molecule has 1 saturated carbocycles. The maximum absolute atomic E-state index is 12.2. The fraction of sp³-hybridized carbons (Fsp3) is 0.786. The molecule has 1 heterocycles. The third kappa shape index (κ3) is 3.28. The van der Waals surface area contributed by atoms with Gasteiger partial charge in [-0.25, -0.2) is 4.79 Å². The molecule has 2 unspecified atom stereocenters. The van der Waals surface area contributed by atoms with E-state index < -0.39 is 11.9 Å². The highest BCUT2D eigenvalue weighted by Gasteiger charge is 2.50. The second-order valence-corrected chi connectivity index (χ2v) is 5.55. The number of nitrogens with zero attached hydrogens (tertiary/aromatic N) is 3. The van der Waals surface area contributed by atoms with E-state index in [4.69, 9.17) is 5.11 Å². The summed E-state index contributed by atoms with van der Waals surface area (Å²) >= 11 is 0. The number of urea groups is 1. The lowest BCUT2D eigenvalue weighted by molar-refractivity contribution is -0.142. The van der Waals surface area contributed by atoms with E-state index in [-0.39, 0.29) is 17.9 Å². The van der Waals surface area contributed by atoms with Crippen LogP contribution in [0.2, 0.25) is 0 Å². The summed E-state index contributed by atoms with van der Waals surface area (Å²) in [7, 11) is 0. The molecule has 0 spiro atoms. The van der Waals surface area contributed by atoms with Gasteiger partial charge in [-0.05, 0) is 20.3 Å². The van der Waals surface area contributed by atoms with E-state index in [9.17, 15) is 14.4 Å². The first kappa shape index (κ1) is 15.6. The Hall–Kier alpha value is -1.79. The normalized spacial score (nSPS) is 24.7. The Labute approximate surface area is 124 Å². The molecule has 1 N–H and O–H groups in total. The van der Waals surface area contributed by atoms with Gasteiger partial charge in [-0.15, -0.1) is 0 Å². The fourth-order valence-corrected chi connectivity index (χ4v) is 2.79. The van der Waals surface area contributed by atoms with Gasteiger partial charge in [-0.2, -0.15) is 0 Å². The van der Waals surface area contributed by atoms with Crippen LogP contribution in [-0.2, 0) is 9.59 Å². The Morgan fingerprint density at radius 2 is 1.52 bits per heavy atom. The molecule has 3 amide bonds.